The van der Waals surface area contributed by atoms with Gasteiger partial charge in [0.25, 0.3) is 0 Å². The minimum atomic E-state index is 0.431. The first-order chi connectivity index (χ1) is 9.11. The van der Waals surface area contributed by atoms with Crippen molar-refractivity contribution in [2.75, 3.05) is 6.54 Å². The highest BCUT2D eigenvalue weighted by molar-refractivity contribution is 5.36. The zero-order chi connectivity index (χ0) is 13.5. The number of hydrogen-bond donors (Lipinski definition) is 1. The molecule has 1 nitrogen and oxygen atoms in total. The van der Waals surface area contributed by atoms with Crippen molar-refractivity contribution < 1.29 is 0 Å². The van der Waals surface area contributed by atoms with Crippen molar-refractivity contribution in [1.82, 2.24) is 5.32 Å². The van der Waals surface area contributed by atoms with Crippen LogP contribution in [0.3, 0.4) is 0 Å². The summed E-state index contributed by atoms with van der Waals surface area (Å²) in [5.41, 5.74) is 4.85. The molecule has 1 N–H and O–H groups in total. The van der Waals surface area contributed by atoms with Gasteiger partial charge in [-0.15, -0.1) is 0 Å². The van der Waals surface area contributed by atoms with E-state index in [9.17, 15) is 0 Å². The Kier molecular flexibility index (Phi) is 3.42. The molecule has 2 fully saturated rings. The van der Waals surface area contributed by atoms with E-state index in [1.807, 2.05) is 0 Å². The van der Waals surface area contributed by atoms with Crippen molar-refractivity contribution in [2.24, 2.45) is 5.92 Å². The molecule has 0 heterocycles. The minimum Gasteiger partial charge on any atom is -0.313 e. The second-order valence-corrected chi connectivity index (χ2v) is 6.99. The molecule has 1 heteroatoms. The van der Waals surface area contributed by atoms with Crippen LogP contribution in [0.4, 0.5) is 0 Å². The van der Waals surface area contributed by atoms with E-state index < -0.39 is 0 Å². The lowest BCUT2D eigenvalue weighted by atomic mass is 9.57. The molecule has 1 aromatic carbocycles. The molecule has 0 atom stereocenters. The lowest BCUT2D eigenvalue weighted by Crippen LogP contribution is -2.49. The summed E-state index contributed by atoms with van der Waals surface area (Å²) in [4.78, 5) is 0. The van der Waals surface area contributed by atoms with Gasteiger partial charge >= 0.3 is 0 Å². The van der Waals surface area contributed by atoms with Gasteiger partial charge in [-0.25, -0.2) is 0 Å². The van der Waals surface area contributed by atoms with Gasteiger partial charge in [-0.05, 0) is 51.0 Å². The molecule has 1 aromatic rings. The number of hydrogen-bond acceptors (Lipinski definition) is 1. The number of nitrogens with one attached hydrogen (secondary N) is 1. The van der Waals surface area contributed by atoms with Crippen LogP contribution in [0, 0.1) is 19.8 Å². The molecule has 2 aliphatic rings. The lowest BCUT2D eigenvalue weighted by molar-refractivity contribution is 0.133. The van der Waals surface area contributed by atoms with Crippen molar-refractivity contribution in [3.63, 3.8) is 0 Å². The monoisotopic (exact) mass is 257 g/mol. The smallest absolute Gasteiger partial charge is 0.00833 e. The molecule has 0 aromatic heterocycles. The van der Waals surface area contributed by atoms with Gasteiger partial charge in [0.15, 0.2) is 0 Å². The lowest BCUT2D eigenvalue weighted by Gasteiger charge is -2.49. The minimum absolute atomic E-state index is 0.431. The first-order valence-corrected chi connectivity index (χ1v) is 7.93. The van der Waals surface area contributed by atoms with Crippen LogP contribution in [-0.2, 0) is 5.41 Å². The van der Waals surface area contributed by atoms with Gasteiger partial charge in [0.05, 0.1) is 0 Å². The second kappa shape index (κ2) is 4.94. The molecule has 104 valence electrons. The summed E-state index contributed by atoms with van der Waals surface area (Å²) in [6.45, 7) is 7.99. The maximum absolute atomic E-state index is 3.78. The molecule has 2 saturated carbocycles. The average Bonchev–Trinajstić information content (AvgIpc) is 3.10. The topological polar surface area (TPSA) is 12.0 Å². The molecule has 0 spiro atoms. The van der Waals surface area contributed by atoms with Gasteiger partial charge in [0.2, 0.25) is 0 Å². The maximum atomic E-state index is 3.78. The molecule has 19 heavy (non-hydrogen) atoms. The van der Waals surface area contributed by atoms with Crippen molar-refractivity contribution in [1.29, 1.82) is 0 Å². The summed E-state index contributed by atoms with van der Waals surface area (Å²) >= 11 is 0. The molecule has 0 amide bonds. The van der Waals surface area contributed by atoms with Crippen molar-refractivity contribution >= 4 is 0 Å². The van der Waals surface area contributed by atoms with E-state index in [1.54, 1.807) is 5.56 Å². The van der Waals surface area contributed by atoms with Crippen LogP contribution in [-0.4, -0.2) is 12.6 Å². The molecule has 3 rings (SSSR count). The number of benzene rings is 1. The van der Waals surface area contributed by atoms with Crippen molar-refractivity contribution in [3.8, 4) is 0 Å². The third kappa shape index (κ3) is 2.72. The molecule has 0 saturated heterocycles. The SMILES string of the molecule is CCC1CC(CNC2CC2)(c2cc(C)cc(C)c2)C1. The predicted octanol–water partition coefficient (Wildman–Crippen LogP) is 4.11. The normalized spacial score (nSPS) is 30.2. The first-order valence-electron chi connectivity index (χ1n) is 7.93. The third-order valence-electron chi connectivity index (χ3n) is 5.08. The Morgan fingerprint density at radius 3 is 2.26 bits per heavy atom. The summed E-state index contributed by atoms with van der Waals surface area (Å²) < 4.78 is 0. The fourth-order valence-corrected chi connectivity index (χ4v) is 3.72. The van der Waals surface area contributed by atoms with Gasteiger partial charge in [-0.1, -0.05) is 42.7 Å². The van der Waals surface area contributed by atoms with E-state index in [-0.39, 0.29) is 0 Å². The summed E-state index contributed by atoms with van der Waals surface area (Å²) in [5.74, 6) is 0.946. The van der Waals surface area contributed by atoms with E-state index in [0.29, 0.717) is 5.41 Å². The van der Waals surface area contributed by atoms with Gasteiger partial charge in [-0.3, -0.25) is 0 Å². The average molecular weight is 257 g/mol. The highest BCUT2D eigenvalue weighted by Gasteiger charge is 2.45. The van der Waals surface area contributed by atoms with E-state index in [2.05, 4.69) is 44.3 Å². The molecule has 2 aliphatic carbocycles. The van der Waals surface area contributed by atoms with Crippen LogP contribution in [0.25, 0.3) is 0 Å². The third-order valence-corrected chi connectivity index (χ3v) is 5.08. The Bertz CT molecular complexity index is 433. The molecule has 0 bridgehead atoms. The largest absolute Gasteiger partial charge is 0.313 e. The van der Waals surface area contributed by atoms with Gasteiger partial charge in [-0.2, -0.15) is 0 Å². The van der Waals surface area contributed by atoms with Gasteiger partial charge in [0.1, 0.15) is 0 Å². The second-order valence-electron chi connectivity index (χ2n) is 6.99. The fraction of sp³-hybridized carbons (Fsp3) is 0.667. The summed E-state index contributed by atoms with van der Waals surface area (Å²) in [6, 6.07) is 7.96. The Balaban J connectivity index is 1.81. The first kappa shape index (κ1) is 13.2. The van der Waals surface area contributed by atoms with E-state index >= 15 is 0 Å². The van der Waals surface area contributed by atoms with E-state index in [0.717, 1.165) is 12.0 Å². The molecule has 0 aliphatic heterocycles. The quantitative estimate of drug-likeness (QED) is 0.837. The van der Waals surface area contributed by atoms with Gasteiger partial charge < -0.3 is 5.32 Å². The molecular formula is C18H27N. The van der Waals surface area contributed by atoms with Crippen LogP contribution < -0.4 is 5.32 Å². The standard InChI is InChI=1S/C18H27N/c1-4-15-10-18(11-15,12-19-17-5-6-17)16-8-13(2)7-14(3)9-16/h7-9,15,17,19H,4-6,10-12H2,1-3H3. The highest BCUT2D eigenvalue weighted by Crippen LogP contribution is 2.49. The summed E-state index contributed by atoms with van der Waals surface area (Å²) in [6.07, 6.45) is 6.88. The Morgan fingerprint density at radius 1 is 1.11 bits per heavy atom. The summed E-state index contributed by atoms with van der Waals surface area (Å²) in [7, 11) is 0. The zero-order valence-corrected chi connectivity index (χ0v) is 12.6. The van der Waals surface area contributed by atoms with Crippen molar-refractivity contribution in [3.05, 3.63) is 34.9 Å². The zero-order valence-electron chi connectivity index (χ0n) is 12.6. The molecule has 0 unspecified atom stereocenters. The fourth-order valence-electron chi connectivity index (χ4n) is 3.72. The highest BCUT2D eigenvalue weighted by atomic mass is 15.0. The Hall–Kier alpha value is -0.820. The predicted molar refractivity (Wildman–Crippen MR) is 81.6 cm³/mol. The van der Waals surface area contributed by atoms with Crippen LogP contribution in [0.15, 0.2) is 18.2 Å². The van der Waals surface area contributed by atoms with E-state index in [4.69, 9.17) is 0 Å². The van der Waals surface area contributed by atoms with E-state index in [1.165, 1.54) is 49.8 Å². The Morgan fingerprint density at radius 2 is 1.74 bits per heavy atom. The van der Waals surface area contributed by atoms with Gasteiger partial charge in [0, 0.05) is 18.0 Å². The summed E-state index contributed by atoms with van der Waals surface area (Å²) in [5, 5.41) is 3.78. The molecular weight excluding hydrogens is 230 g/mol. The van der Waals surface area contributed by atoms with Crippen molar-refractivity contribution in [2.45, 2.75) is 64.3 Å². The van der Waals surface area contributed by atoms with Crippen LogP contribution in [0.1, 0.15) is 55.7 Å². The molecule has 0 radical (unpaired) electrons. The van der Waals surface area contributed by atoms with Crippen LogP contribution in [0.2, 0.25) is 0 Å². The maximum Gasteiger partial charge on any atom is 0.00833 e. The number of rotatable bonds is 5. The van der Waals surface area contributed by atoms with Crippen LogP contribution in [0.5, 0.6) is 0 Å². The number of aryl methyl sites for hydroxylation is 2. The Labute approximate surface area is 117 Å². The van der Waals surface area contributed by atoms with Crippen LogP contribution >= 0.6 is 0 Å².